The second-order valence-corrected chi connectivity index (χ2v) is 2.75. The second-order valence-electron chi connectivity index (χ2n) is 2.75. The number of benzene rings is 1. The number of phenolic OH excluding ortho intramolecular Hbond substituents is 1. The first-order chi connectivity index (χ1) is 6.45. The van der Waals surface area contributed by atoms with Gasteiger partial charge in [0, 0.05) is 7.11 Å². The van der Waals surface area contributed by atoms with Crippen molar-refractivity contribution in [2.45, 2.75) is 12.3 Å². The molecule has 0 amide bonds. The Kier molecular flexibility index (Phi) is 3.00. The molecule has 0 spiro atoms. The molecule has 0 heterocycles. The third-order valence-electron chi connectivity index (χ3n) is 1.71. The Morgan fingerprint density at radius 2 is 2.00 bits per heavy atom. The van der Waals surface area contributed by atoms with Crippen molar-refractivity contribution in [1.29, 1.82) is 0 Å². The molecule has 0 aliphatic heterocycles. The quantitative estimate of drug-likeness (QED) is 0.805. The number of rotatable bonds is 2. The smallest absolute Gasteiger partial charge is 0.418 e. The zero-order valence-corrected chi connectivity index (χ0v) is 7.38. The highest BCUT2D eigenvalue weighted by Gasteiger charge is 2.41. The van der Waals surface area contributed by atoms with Gasteiger partial charge in [-0.3, -0.25) is 0 Å². The first-order valence-corrected chi connectivity index (χ1v) is 3.83. The van der Waals surface area contributed by atoms with Crippen molar-refractivity contribution in [2.24, 2.45) is 0 Å². The molecule has 1 unspecified atom stereocenters. The highest BCUT2D eigenvalue weighted by molar-refractivity contribution is 5.29. The summed E-state index contributed by atoms with van der Waals surface area (Å²) < 4.78 is 41.3. The van der Waals surface area contributed by atoms with E-state index in [0.717, 1.165) is 13.2 Å². The van der Waals surface area contributed by atoms with Gasteiger partial charge in [0.1, 0.15) is 5.75 Å². The van der Waals surface area contributed by atoms with E-state index in [-0.39, 0.29) is 11.3 Å². The minimum absolute atomic E-state index is 0.111. The second kappa shape index (κ2) is 3.88. The van der Waals surface area contributed by atoms with Crippen LogP contribution in [0.25, 0.3) is 0 Å². The molecule has 2 nitrogen and oxygen atoms in total. The van der Waals surface area contributed by atoms with Crippen molar-refractivity contribution in [1.82, 2.24) is 0 Å². The number of hydrogen-bond donors (Lipinski definition) is 1. The van der Waals surface area contributed by atoms with Crippen molar-refractivity contribution in [2.75, 3.05) is 7.11 Å². The maximum Gasteiger partial charge on any atom is 0.418 e. The molecule has 1 aromatic rings. The topological polar surface area (TPSA) is 29.5 Å². The Bertz CT molecular complexity index is 309. The molecule has 1 rings (SSSR count). The molecule has 0 aliphatic rings. The average molecular weight is 206 g/mol. The van der Waals surface area contributed by atoms with Crippen LogP contribution in [0.4, 0.5) is 13.2 Å². The van der Waals surface area contributed by atoms with E-state index >= 15 is 0 Å². The summed E-state index contributed by atoms with van der Waals surface area (Å²) in [6.07, 6.45) is -6.46. The van der Waals surface area contributed by atoms with Crippen LogP contribution >= 0.6 is 0 Å². The highest BCUT2D eigenvalue weighted by Crippen LogP contribution is 2.35. The molecule has 0 bridgehead atoms. The minimum atomic E-state index is -4.47. The SMILES string of the molecule is COC(c1cccc(O)c1)C(F)(F)F. The third-order valence-corrected chi connectivity index (χ3v) is 1.71. The molecule has 0 fully saturated rings. The van der Waals surface area contributed by atoms with Crippen LogP contribution in [0.2, 0.25) is 0 Å². The Morgan fingerprint density at radius 3 is 2.43 bits per heavy atom. The summed E-state index contributed by atoms with van der Waals surface area (Å²) in [5.74, 6) is -0.214. The van der Waals surface area contributed by atoms with Gasteiger partial charge in [-0.1, -0.05) is 12.1 Å². The van der Waals surface area contributed by atoms with Crippen LogP contribution in [0.5, 0.6) is 5.75 Å². The predicted molar refractivity (Wildman–Crippen MR) is 43.9 cm³/mol. The Balaban J connectivity index is 3.01. The fourth-order valence-electron chi connectivity index (χ4n) is 1.15. The number of alkyl halides is 3. The molecule has 14 heavy (non-hydrogen) atoms. The lowest BCUT2D eigenvalue weighted by molar-refractivity contribution is -0.215. The van der Waals surface area contributed by atoms with Gasteiger partial charge in [-0.05, 0) is 17.7 Å². The van der Waals surface area contributed by atoms with Gasteiger partial charge in [-0.25, -0.2) is 0 Å². The van der Waals surface area contributed by atoms with Crippen LogP contribution in [-0.4, -0.2) is 18.4 Å². The summed E-state index contributed by atoms with van der Waals surface area (Å²) >= 11 is 0. The van der Waals surface area contributed by atoms with Crippen molar-refractivity contribution >= 4 is 0 Å². The molecule has 1 N–H and O–H groups in total. The standard InChI is InChI=1S/C9H9F3O2/c1-14-8(9(10,11)12)6-3-2-4-7(13)5-6/h2-5,8,13H,1H3. The lowest BCUT2D eigenvalue weighted by Crippen LogP contribution is -2.22. The van der Waals surface area contributed by atoms with Crippen molar-refractivity contribution in [3.63, 3.8) is 0 Å². The molecular formula is C9H9F3O2. The van der Waals surface area contributed by atoms with Gasteiger partial charge in [-0.2, -0.15) is 13.2 Å². The molecule has 0 aromatic heterocycles. The van der Waals surface area contributed by atoms with Gasteiger partial charge >= 0.3 is 6.18 Å². The summed E-state index contributed by atoms with van der Waals surface area (Å²) in [5.41, 5.74) is -0.111. The van der Waals surface area contributed by atoms with E-state index in [4.69, 9.17) is 5.11 Å². The molecular weight excluding hydrogens is 197 g/mol. The number of hydrogen-bond acceptors (Lipinski definition) is 2. The minimum Gasteiger partial charge on any atom is -0.508 e. The predicted octanol–water partition coefficient (Wildman–Crippen LogP) is 2.64. The number of methoxy groups -OCH3 is 1. The average Bonchev–Trinajstić information content (AvgIpc) is 2.02. The Labute approximate surface area is 78.9 Å². The van der Waals surface area contributed by atoms with E-state index < -0.39 is 12.3 Å². The number of aromatic hydroxyl groups is 1. The maximum absolute atomic E-state index is 12.3. The molecule has 78 valence electrons. The maximum atomic E-state index is 12.3. The van der Waals surface area contributed by atoms with E-state index in [9.17, 15) is 13.2 Å². The van der Waals surface area contributed by atoms with Crippen LogP contribution in [0.3, 0.4) is 0 Å². The van der Waals surface area contributed by atoms with Gasteiger partial charge in [0.15, 0.2) is 6.10 Å². The molecule has 5 heteroatoms. The molecule has 0 aliphatic carbocycles. The summed E-state index contributed by atoms with van der Waals surface area (Å²) in [7, 11) is 0.974. The Hall–Kier alpha value is -1.23. The fourth-order valence-corrected chi connectivity index (χ4v) is 1.15. The van der Waals surface area contributed by atoms with Gasteiger partial charge in [0.25, 0.3) is 0 Å². The van der Waals surface area contributed by atoms with Crippen LogP contribution < -0.4 is 0 Å². The fraction of sp³-hybridized carbons (Fsp3) is 0.333. The van der Waals surface area contributed by atoms with Gasteiger partial charge in [0.2, 0.25) is 0 Å². The van der Waals surface area contributed by atoms with Crippen LogP contribution in [0.1, 0.15) is 11.7 Å². The number of phenols is 1. The largest absolute Gasteiger partial charge is 0.508 e. The van der Waals surface area contributed by atoms with Crippen LogP contribution in [0, 0.1) is 0 Å². The zero-order chi connectivity index (χ0) is 10.8. The monoisotopic (exact) mass is 206 g/mol. The van der Waals surface area contributed by atoms with E-state index in [0.29, 0.717) is 0 Å². The molecule has 1 atom stereocenters. The molecule has 0 saturated carbocycles. The van der Waals surface area contributed by atoms with E-state index in [1.807, 2.05) is 0 Å². The summed E-state index contributed by atoms with van der Waals surface area (Å²) in [6, 6.07) is 4.91. The zero-order valence-electron chi connectivity index (χ0n) is 7.38. The lowest BCUT2D eigenvalue weighted by Gasteiger charge is -2.18. The normalized spacial score (nSPS) is 14.0. The summed E-state index contributed by atoms with van der Waals surface area (Å²) in [5, 5.41) is 9.00. The van der Waals surface area contributed by atoms with E-state index in [2.05, 4.69) is 4.74 Å². The lowest BCUT2D eigenvalue weighted by atomic mass is 10.1. The highest BCUT2D eigenvalue weighted by atomic mass is 19.4. The summed E-state index contributed by atoms with van der Waals surface area (Å²) in [4.78, 5) is 0. The van der Waals surface area contributed by atoms with Crippen molar-refractivity contribution in [3.05, 3.63) is 29.8 Å². The van der Waals surface area contributed by atoms with Crippen LogP contribution in [0.15, 0.2) is 24.3 Å². The van der Waals surface area contributed by atoms with Gasteiger partial charge < -0.3 is 9.84 Å². The van der Waals surface area contributed by atoms with Gasteiger partial charge in [0.05, 0.1) is 0 Å². The third kappa shape index (κ3) is 2.38. The first-order valence-electron chi connectivity index (χ1n) is 3.83. The molecule has 0 radical (unpaired) electrons. The van der Waals surface area contributed by atoms with E-state index in [1.54, 1.807) is 0 Å². The summed E-state index contributed by atoms with van der Waals surface area (Å²) in [6.45, 7) is 0. The van der Waals surface area contributed by atoms with Crippen molar-refractivity contribution < 1.29 is 23.0 Å². The molecule has 0 saturated heterocycles. The van der Waals surface area contributed by atoms with E-state index in [1.165, 1.54) is 18.2 Å². The van der Waals surface area contributed by atoms with Crippen LogP contribution in [-0.2, 0) is 4.74 Å². The van der Waals surface area contributed by atoms with Gasteiger partial charge in [-0.15, -0.1) is 0 Å². The Morgan fingerprint density at radius 1 is 1.36 bits per heavy atom. The number of halogens is 3. The molecule has 1 aromatic carbocycles. The first kappa shape index (κ1) is 10.8. The van der Waals surface area contributed by atoms with Crippen molar-refractivity contribution in [3.8, 4) is 5.75 Å². The number of ether oxygens (including phenoxy) is 1.